The first-order valence-electron chi connectivity index (χ1n) is 4.70. The van der Waals surface area contributed by atoms with E-state index >= 15 is 0 Å². The molecule has 3 nitrogen and oxygen atoms in total. The number of hydrogen-bond donors (Lipinski definition) is 0. The van der Waals surface area contributed by atoms with Gasteiger partial charge in [-0.25, -0.2) is 4.98 Å². The van der Waals surface area contributed by atoms with E-state index < -0.39 is 0 Å². The van der Waals surface area contributed by atoms with Crippen LogP contribution in [0.2, 0.25) is 0 Å². The van der Waals surface area contributed by atoms with E-state index in [1.54, 1.807) is 0 Å². The molecule has 1 fully saturated rings. The fourth-order valence-corrected chi connectivity index (χ4v) is 1.81. The lowest BCUT2D eigenvalue weighted by Crippen LogP contribution is -2.08. The Balaban J connectivity index is 2.29. The molecule has 1 saturated carbocycles. The second kappa shape index (κ2) is 2.36. The zero-order valence-corrected chi connectivity index (χ0v) is 7.64. The first kappa shape index (κ1) is 7.57. The van der Waals surface area contributed by atoms with Crippen LogP contribution in [0.5, 0.6) is 0 Å². The van der Waals surface area contributed by atoms with E-state index in [0.29, 0.717) is 0 Å². The molecule has 68 valence electrons. The minimum Gasteiger partial charge on any atom is -0.302 e. The topological polar surface area (TPSA) is 41.1 Å². The number of aromatic nitrogens is 2. The molecule has 2 heterocycles. The van der Waals surface area contributed by atoms with Gasteiger partial charge in [0.05, 0.1) is 17.8 Å². The molecule has 0 N–H and O–H groups in total. The highest BCUT2D eigenvalue weighted by Crippen LogP contribution is 2.46. The molecule has 0 spiro atoms. The number of fused-ring (bicyclic) bond motifs is 1. The quantitative estimate of drug-likeness (QED) is 0.677. The van der Waals surface area contributed by atoms with E-state index in [0.717, 1.165) is 24.2 Å². The van der Waals surface area contributed by atoms with Gasteiger partial charge in [-0.1, -0.05) is 6.07 Å². The highest BCUT2D eigenvalue weighted by Gasteiger charge is 2.48. The Labute approximate surface area is 81.6 Å². The van der Waals surface area contributed by atoms with E-state index in [2.05, 4.69) is 11.1 Å². The van der Waals surface area contributed by atoms with E-state index in [1.165, 1.54) is 0 Å². The van der Waals surface area contributed by atoms with Gasteiger partial charge in [-0.2, -0.15) is 5.26 Å². The van der Waals surface area contributed by atoms with Crippen molar-refractivity contribution in [1.82, 2.24) is 9.38 Å². The van der Waals surface area contributed by atoms with Gasteiger partial charge in [0.25, 0.3) is 0 Å². The Morgan fingerprint density at radius 3 is 3.00 bits per heavy atom. The predicted octanol–water partition coefficient (Wildman–Crippen LogP) is 1.89. The summed E-state index contributed by atoms with van der Waals surface area (Å²) >= 11 is 0. The van der Waals surface area contributed by atoms with Gasteiger partial charge in [0.2, 0.25) is 0 Å². The molecule has 3 rings (SSSR count). The molecule has 0 unspecified atom stereocenters. The standard InChI is InChI=1S/C11H9N3/c12-8-11(4-5-11)10-13-7-9-3-1-2-6-14(9)10/h1-3,6-7H,4-5H2. The molecule has 0 radical (unpaired) electrons. The van der Waals surface area contributed by atoms with E-state index in [-0.39, 0.29) is 5.41 Å². The first-order valence-corrected chi connectivity index (χ1v) is 4.70. The molecule has 2 aromatic rings. The summed E-state index contributed by atoms with van der Waals surface area (Å²) in [5.41, 5.74) is 0.761. The molecule has 3 heteroatoms. The van der Waals surface area contributed by atoms with Gasteiger partial charge in [-0.05, 0) is 25.0 Å². The van der Waals surface area contributed by atoms with Crippen molar-refractivity contribution < 1.29 is 0 Å². The summed E-state index contributed by atoms with van der Waals surface area (Å²) in [5, 5.41) is 9.08. The Hall–Kier alpha value is -1.82. The van der Waals surface area contributed by atoms with Crippen LogP contribution in [0.1, 0.15) is 18.7 Å². The van der Waals surface area contributed by atoms with E-state index in [4.69, 9.17) is 5.26 Å². The van der Waals surface area contributed by atoms with Gasteiger partial charge in [0, 0.05) is 6.20 Å². The van der Waals surface area contributed by atoms with Crippen LogP contribution in [0.3, 0.4) is 0 Å². The first-order chi connectivity index (χ1) is 6.86. The van der Waals surface area contributed by atoms with Crippen molar-refractivity contribution in [2.45, 2.75) is 18.3 Å². The lowest BCUT2D eigenvalue weighted by Gasteiger charge is -2.03. The van der Waals surface area contributed by atoms with Crippen LogP contribution in [0.15, 0.2) is 30.6 Å². The predicted molar refractivity (Wildman–Crippen MR) is 51.7 cm³/mol. The van der Waals surface area contributed by atoms with E-state index in [1.807, 2.05) is 35.0 Å². The monoisotopic (exact) mass is 183 g/mol. The summed E-state index contributed by atoms with van der Waals surface area (Å²) in [5.74, 6) is 0.899. The SMILES string of the molecule is N#CC1(c2ncc3ccccn23)CC1. The van der Waals surface area contributed by atoms with Crippen molar-refractivity contribution in [1.29, 1.82) is 5.26 Å². The van der Waals surface area contributed by atoms with Crippen molar-refractivity contribution >= 4 is 5.52 Å². The normalized spacial score (nSPS) is 17.9. The smallest absolute Gasteiger partial charge is 0.133 e. The minimum absolute atomic E-state index is 0.298. The second-order valence-electron chi connectivity index (χ2n) is 3.77. The molecule has 14 heavy (non-hydrogen) atoms. The lowest BCUT2D eigenvalue weighted by molar-refractivity contribution is 0.792. The second-order valence-corrected chi connectivity index (χ2v) is 3.77. The average molecular weight is 183 g/mol. The maximum absolute atomic E-state index is 9.08. The van der Waals surface area contributed by atoms with Crippen molar-refractivity contribution in [3.8, 4) is 6.07 Å². The molecule has 0 aromatic carbocycles. The molecular weight excluding hydrogens is 174 g/mol. The zero-order valence-electron chi connectivity index (χ0n) is 7.64. The Morgan fingerprint density at radius 1 is 1.43 bits per heavy atom. The van der Waals surface area contributed by atoms with Crippen LogP contribution in [-0.4, -0.2) is 9.38 Å². The zero-order chi connectivity index (χ0) is 9.60. The number of nitriles is 1. The molecule has 1 aliphatic rings. The number of nitrogens with zero attached hydrogens (tertiary/aromatic N) is 3. The fourth-order valence-electron chi connectivity index (χ4n) is 1.81. The average Bonchev–Trinajstić information content (AvgIpc) is 2.91. The van der Waals surface area contributed by atoms with Crippen molar-refractivity contribution in [2.75, 3.05) is 0 Å². The van der Waals surface area contributed by atoms with Crippen molar-refractivity contribution in [2.24, 2.45) is 0 Å². The van der Waals surface area contributed by atoms with Crippen LogP contribution in [-0.2, 0) is 5.41 Å². The summed E-state index contributed by atoms with van der Waals surface area (Å²) in [6.45, 7) is 0. The maximum Gasteiger partial charge on any atom is 0.133 e. The van der Waals surface area contributed by atoms with Gasteiger partial charge in [-0.3, -0.25) is 0 Å². The molecule has 0 atom stereocenters. The number of hydrogen-bond acceptors (Lipinski definition) is 2. The Bertz CT molecular complexity index is 529. The third-order valence-corrected chi connectivity index (χ3v) is 2.83. The summed E-state index contributed by atoms with van der Waals surface area (Å²) in [6, 6.07) is 8.31. The van der Waals surface area contributed by atoms with Crippen molar-refractivity contribution in [3.63, 3.8) is 0 Å². The minimum atomic E-state index is -0.298. The number of rotatable bonds is 1. The molecule has 0 bridgehead atoms. The Morgan fingerprint density at radius 2 is 2.29 bits per heavy atom. The summed E-state index contributed by atoms with van der Waals surface area (Å²) in [4.78, 5) is 4.34. The summed E-state index contributed by atoms with van der Waals surface area (Å²) in [6.07, 6.45) is 5.68. The van der Waals surface area contributed by atoms with Gasteiger partial charge in [-0.15, -0.1) is 0 Å². The van der Waals surface area contributed by atoms with Gasteiger partial charge >= 0.3 is 0 Å². The molecule has 0 amide bonds. The molecule has 1 aliphatic carbocycles. The maximum atomic E-state index is 9.08. The summed E-state index contributed by atoms with van der Waals surface area (Å²) in [7, 11) is 0. The van der Waals surface area contributed by atoms with Crippen LogP contribution >= 0.6 is 0 Å². The molecule has 0 aliphatic heterocycles. The number of pyridine rings is 1. The van der Waals surface area contributed by atoms with Crippen LogP contribution < -0.4 is 0 Å². The number of imidazole rings is 1. The van der Waals surface area contributed by atoms with Crippen LogP contribution in [0.25, 0.3) is 5.52 Å². The fraction of sp³-hybridized carbons (Fsp3) is 0.273. The van der Waals surface area contributed by atoms with Gasteiger partial charge < -0.3 is 4.40 Å². The van der Waals surface area contributed by atoms with Crippen LogP contribution in [0, 0.1) is 11.3 Å². The Kier molecular flexibility index (Phi) is 1.27. The van der Waals surface area contributed by atoms with Gasteiger partial charge in [0.1, 0.15) is 11.2 Å². The summed E-state index contributed by atoms with van der Waals surface area (Å²) < 4.78 is 2.01. The highest BCUT2D eigenvalue weighted by molar-refractivity contribution is 5.48. The third-order valence-electron chi connectivity index (χ3n) is 2.83. The van der Waals surface area contributed by atoms with Crippen LogP contribution in [0.4, 0.5) is 0 Å². The molecule has 2 aromatic heterocycles. The lowest BCUT2D eigenvalue weighted by atomic mass is 10.1. The largest absolute Gasteiger partial charge is 0.302 e. The van der Waals surface area contributed by atoms with E-state index in [9.17, 15) is 0 Å². The van der Waals surface area contributed by atoms with Crippen molar-refractivity contribution in [3.05, 3.63) is 36.4 Å². The third kappa shape index (κ3) is 0.828. The molecule has 0 saturated heterocycles. The molecular formula is C11H9N3. The van der Waals surface area contributed by atoms with Gasteiger partial charge in [0.15, 0.2) is 0 Å². The highest BCUT2D eigenvalue weighted by atomic mass is 15.0.